The summed E-state index contributed by atoms with van der Waals surface area (Å²) in [5, 5.41) is 3.73. The van der Waals surface area contributed by atoms with Gasteiger partial charge in [-0.3, -0.25) is 4.79 Å². The Bertz CT molecular complexity index is 853. The molecule has 7 nitrogen and oxygen atoms in total. The minimum absolute atomic E-state index is 0.0215. The van der Waals surface area contributed by atoms with E-state index in [0.717, 1.165) is 4.90 Å². The number of carbonyl (C=O) groups excluding carboxylic acids is 1. The van der Waals surface area contributed by atoms with E-state index in [9.17, 15) is 13.2 Å². The predicted molar refractivity (Wildman–Crippen MR) is 98.5 cm³/mol. The summed E-state index contributed by atoms with van der Waals surface area (Å²) in [4.78, 5) is 15.3. The Hall–Kier alpha value is -1.84. The molecule has 0 N–H and O–H groups in total. The second-order valence-corrected chi connectivity index (χ2v) is 8.96. The van der Waals surface area contributed by atoms with E-state index in [1.807, 2.05) is 30.3 Å². The number of nitrogens with zero attached hydrogens (tertiary/aromatic N) is 3. The van der Waals surface area contributed by atoms with E-state index >= 15 is 0 Å². The number of hydrogen-bond donors (Lipinski definition) is 0. The van der Waals surface area contributed by atoms with Crippen molar-refractivity contribution in [2.75, 3.05) is 31.9 Å². The minimum Gasteiger partial charge on any atom is -0.360 e. The highest BCUT2D eigenvalue weighted by molar-refractivity contribution is 8.00. The molecule has 1 amide bonds. The highest BCUT2D eigenvalue weighted by Crippen LogP contribution is 2.24. The van der Waals surface area contributed by atoms with Crippen LogP contribution in [0.4, 0.5) is 0 Å². The maximum atomic E-state index is 12.8. The second kappa shape index (κ2) is 7.81. The Morgan fingerprint density at radius 1 is 1.15 bits per heavy atom. The Kier molecular flexibility index (Phi) is 5.69. The number of thioether (sulfide) groups is 1. The van der Waals surface area contributed by atoms with Gasteiger partial charge >= 0.3 is 0 Å². The summed E-state index contributed by atoms with van der Waals surface area (Å²) < 4.78 is 32.0. The zero-order valence-electron chi connectivity index (χ0n) is 14.7. The smallest absolute Gasteiger partial charge is 0.248 e. The maximum Gasteiger partial charge on any atom is 0.248 e. The lowest BCUT2D eigenvalue weighted by atomic mass is 10.3. The average molecular weight is 396 g/mol. The van der Waals surface area contributed by atoms with Gasteiger partial charge in [-0.2, -0.15) is 4.31 Å². The van der Waals surface area contributed by atoms with Gasteiger partial charge in [0.2, 0.25) is 15.9 Å². The minimum atomic E-state index is -3.65. The lowest BCUT2D eigenvalue weighted by Crippen LogP contribution is -2.51. The largest absolute Gasteiger partial charge is 0.360 e. The molecule has 9 heteroatoms. The van der Waals surface area contributed by atoms with Crippen molar-refractivity contribution in [3.8, 4) is 0 Å². The van der Waals surface area contributed by atoms with Gasteiger partial charge in [0.1, 0.15) is 10.6 Å². The molecule has 2 heterocycles. The molecule has 0 spiro atoms. The van der Waals surface area contributed by atoms with E-state index in [-0.39, 0.29) is 23.9 Å². The Balaban J connectivity index is 1.58. The monoisotopic (exact) mass is 395 g/mol. The number of benzene rings is 1. The van der Waals surface area contributed by atoms with Crippen LogP contribution in [0.1, 0.15) is 11.5 Å². The molecular formula is C17H21N3O4S2. The Morgan fingerprint density at radius 3 is 2.38 bits per heavy atom. The molecule has 1 aromatic carbocycles. The number of piperazine rings is 1. The van der Waals surface area contributed by atoms with Crippen LogP contribution in [0.5, 0.6) is 0 Å². The summed E-state index contributed by atoms with van der Waals surface area (Å²) in [5.41, 5.74) is 0.361. The van der Waals surface area contributed by atoms with Gasteiger partial charge in [-0.05, 0) is 26.0 Å². The predicted octanol–water partition coefficient (Wildman–Crippen LogP) is 1.92. The standard InChI is InChI=1S/C17H21N3O4S2/c1-13-17(14(2)24-18-13)26(22,23)20-10-8-19(9-11-20)16(21)12-25-15-6-4-3-5-7-15/h3-7H,8-12H2,1-2H3. The first kappa shape index (κ1) is 18.9. The normalized spacial score (nSPS) is 16.0. The van der Waals surface area contributed by atoms with E-state index in [4.69, 9.17) is 4.52 Å². The van der Waals surface area contributed by atoms with Crippen LogP contribution in [0.25, 0.3) is 0 Å². The first-order valence-electron chi connectivity index (χ1n) is 8.28. The fourth-order valence-electron chi connectivity index (χ4n) is 2.90. The number of aromatic nitrogens is 1. The zero-order chi connectivity index (χ0) is 18.7. The molecule has 1 saturated heterocycles. The van der Waals surface area contributed by atoms with Gasteiger partial charge in [-0.25, -0.2) is 8.42 Å². The first-order chi connectivity index (χ1) is 12.4. The molecule has 140 valence electrons. The average Bonchev–Trinajstić information content (AvgIpc) is 2.99. The van der Waals surface area contributed by atoms with Crippen LogP contribution in [0.15, 0.2) is 44.6 Å². The third kappa shape index (κ3) is 3.94. The molecule has 0 bridgehead atoms. The fraction of sp³-hybridized carbons (Fsp3) is 0.412. The molecule has 0 unspecified atom stereocenters. The summed E-state index contributed by atoms with van der Waals surface area (Å²) in [6.45, 7) is 4.52. The van der Waals surface area contributed by atoms with Crippen LogP contribution in [0, 0.1) is 13.8 Å². The number of aryl methyl sites for hydroxylation is 2. The molecule has 26 heavy (non-hydrogen) atoms. The van der Waals surface area contributed by atoms with E-state index in [1.165, 1.54) is 16.1 Å². The van der Waals surface area contributed by atoms with Crippen LogP contribution >= 0.6 is 11.8 Å². The van der Waals surface area contributed by atoms with Gasteiger partial charge in [-0.15, -0.1) is 11.8 Å². The van der Waals surface area contributed by atoms with Crippen molar-refractivity contribution in [2.24, 2.45) is 0 Å². The molecule has 0 aliphatic carbocycles. The lowest BCUT2D eigenvalue weighted by molar-refractivity contribution is -0.129. The van der Waals surface area contributed by atoms with Crippen LogP contribution in [0.2, 0.25) is 0 Å². The molecular weight excluding hydrogens is 374 g/mol. The summed E-state index contributed by atoms with van der Waals surface area (Å²) in [6.07, 6.45) is 0. The molecule has 1 aromatic heterocycles. The molecule has 0 atom stereocenters. The molecule has 0 radical (unpaired) electrons. The zero-order valence-corrected chi connectivity index (χ0v) is 16.3. The molecule has 1 aliphatic rings. The molecule has 2 aromatic rings. The van der Waals surface area contributed by atoms with Crippen molar-refractivity contribution in [3.63, 3.8) is 0 Å². The Labute approximate surface area is 157 Å². The third-order valence-electron chi connectivity index (χ3n) is 4.26. The molecule has 0 saturated carbocycles. The lowest BCUT2D eigenvalue weighted by Gasteiger charge is -2.33. The van der Waals surface area contributed by atoms with Crippen molar-refractivity contribution in [2.45, 2.75) is 23.6 Å². The number of amides is 1. The molecule has 3 rings (SSSR count). The number of rotatable bonds is 5. The van der Waals surface area contributed by atoms with E-state index in [2.05, 4.69) is 5.16 Å². The van der Waals surface area contributed by atoms with Crippen LogP contribution < -0.4 is 0 Å². The number of hydrogen-bond acceptors (Lipinski definition) is 6. The summed E-state index contributed by atoms with van der Waals surface area (Å²) in [7, 11) is -3.65. The van der Waals surface area contributed by atoms with Crippen LogP contribution in [0.3, 0.4) is 0 Å². The van der Waals surface area contributed by atoms with E-state index in [0.29, 0.717) is 30.3 Å². The highest BCUT2D eigenvalue weighted by Gasteiger charge is 2.34. The highest BCUT2D eigenvalue weighted by atomic mass is 32.2. The SMILES string of the molecule is Cc1noc(C)c1S(=O)(=O)N1CCN(C(=O)CSc2ccccc2)CC1. The Morgan fingerprint density at radius 2 is 1.81 bits per heavy atom. The van der Waals surface area contributed by atoms with Crippen molar-refractivity contribution in [3.05, 3.63) is 41.8 Å². The third-order valence-corrected chi connectivity index (χ3v) is 7.40. The van der Waals surface area contributed by atoms with Crippen molar-refractivity contribution in [1.82, 2.24) is 14.4 Å². The van der Waals surface area contributed by atoms with Crippen LogP contribution in [-0.2, 0) is 14.8 Å². The molecule has 1 aliphatic heterocycles. The van der Waals surface area contributed by atoms with Crippen LogP contribution in [-0.4, -0.2) is 60.6 Å². The van der Waals surface area contributed by atoms with Gasteiger partial charge in [-0.1, -0.05) is 23.4 Å². The maximum absolute atomic E-state index is 12.8. The number of carbonyl (C=O) groups is 1. The summed E-state index contributed by atoms with van der Waals surface area (Å²) >= 11 is 1.49. The van der Waals surface area contributed by atoms with Crippen molar-refractivity contribution in [1.29, 1.82) is 0 Å². The second-order valence-electron chi connectivity index (χ2n) is 6.04. The van der Waals surface area contributed by atoms with Gasteiger partial charge < -0.3 is 9.42 Å². The van der Waals surface area contributed by atoms with Crippen molar-refractivity contribution >= 4 is 27.7 Å². The van der Waals surface area contributed by atoms with E-state index < -0.39 is 10.0 Å². The summed E-state index contributed by atoms with van der Waals surface area (Å²) in [5.74, 6) is 0.661. The van der Waals surface area contributed by atoms with Gasteiger partial charge in [0.15, 0.2) is 5.76 Å². The molecule has 1 fully saturated rings. The van der Waals surface area contributed by atoms with E-state index in [1.54, 1.807) is 18.7 Å². The topological polar surface area (TPSA) is 83.7 Å². The van der Waals surface area contributed by atoms with Crippen molar-refractivity contribution < 1.29 is 17.7 Å². The fourth-order valence-corrected chi connectivity index (χ4v) is 5.44. The summed E-state index contributed by atoms with van der Waals surface area (Å²) in [6, 6.07) is 9.74. The van der Waals surface area contributed by atoms with Gasteiger partial charge in [0.25, 0.3) is 0 Å². The quantitative estimate of drug-likeness (QED) is 0.719. The van der Waals surface area contributed by atoms with Gasteiger partial charge in [0, 0.05) is 31.1 Å². The van der Waals surface area contributed by atoms with Gasteiger partial charge in [0.05, 0.1) is 5.75 Å². The first-order valence-corrected chi connectivity index (χ1v) is 10.7. The number of sulfonamides is 1.